The Labute approximate surface area is 161 Å². The minimum Gasteiger partial charge on any atom is -0.449 e. The third-order valence-electron chi connectivity index (χ3n) is 4.27. The minimum absolute atomic E-state index is 0.120. The van der Waals surface area contributed by atoms with Crippen molar-refractivity contribution in [3.63, 3.8) is 0 Å². The average molecular weight is 379 g/mol. The van der Waals surface area contributed by atoms with Gasteiger partial charge in [0.1, 0.15) is 0 Å². The summed E-state index contributed by atoms with van der Waals surface area (Å²) in [4.78, 5) is 41.3. The summed E-state index contributed by atoms with van der Waals surface area (Å²) < 4.78 is 5.28. The maximum Gasteiger partial charge on any atom is 0.339 e. The van der Waals surface area contributed by atoms with Gasteiger partial charge in [-0.15, -0.1) is 0 Å². The quantitative estimate of drug-likeness (QED) is 0.665. The molecular formula is C21H21N3O4. The van der Waals surface area contributed by atoms with Gasteiger partial charge in [-0.05, 0) is 37.3 Å². The molecule has 0 fully saturated rings. The molecule has 7 nitrogen and oxygen atoms in total. The lowest BCUT2D eigenvalue weighted by atomic mass is 10.1. The number of nitrogens with one attached hydrogen (secondary N) is 2. The number of aromatic nitrogens is 1. The summed E-state index contributed by atoms with van der Waals surface area (Å²) in [5.74, 6) is -1.19. The number of rotatable bonds is 5. The van der Waals surface area contributed by atoms with Gasteiger partial charge in [-0.1, -0.05) is 18.2 Å². The topological polar surface area (TPSA) is 91.5 Å². The van der Waals surface area contributed by atoms with Crippen LogP contribution in [-0.2, 0) is 9.53 Å². The van der Waals surface area contributed by atoms with Crippen LogP contribution in [0.25, 0.3) is 10.9 Å². The van der Waals surface area contributed by atoms with E-state index in [1.165, 1.54) is 13.0 Å². The third kappa shape index (κ3) is 4.20. The fourth-order valence-electron chi connectivity index (χ4n) is 2.74. The van der Waals surface area contributed by atoms with E-state index in [1.807, 2.05) is 31.1 Å². The van der Waals surface area contributed by atoms with Gasteiger partial charge in [0.25, 0.3) is 5.91 Å². The van der Waals surface area contributed by atoms with E-state index < -0.39 is 23.5 Å². The van der Waals surface area contributed by atoms with E-state index in [2.05, 4.69) is 10.3 Å². The molecule has 1 aromatic heterocycles. The van der Waals surface area contributed by atoms with E-state index in [-0.39, 0.29) is 5.56 Å². The Hall–Kier alpha value is -3.61. The Balaban J connectivity index is 1.72. The van der Waals surface area contributed by atoms with Crippen molar-refractivity contribution < 1.29 is 14.3 Å². The highest BCUT2D eigenvalue weighted by Gasteiger charge is 2.21. The van der Waals surface area contributed by atoms with Gasteiger partial charge in [-0.2, -0.15) is 0 Å². The van der Waals surface area contributed by atoms with E-state index in [9.17, 15) is 14.4 Å². The van der Waals surface area contributed by atoms with E-state index in [1.54, 1.807) is 36.4 Å². The first-order valence-electron chi connectivity index (χ1n) is 8.76. The number of H-pyrrole nitrogens is 1. The van der Waals surface area contributed by atoms with Crippen molar-refractivity contribution in [1.29, 1.82) is 0 Å². The molecule has 1 unspecified atom stereocenters. The predicted octanol–water partition coefficient (Wildman–Crippen LogP) is 2.78. The number of benzene rings is 2. The molecule has 1 amide bonds. The molecule has 2 aromatic carbocycles. The molecule has 3 aromatic rings. The van der Waals surface area contributed by atoms with Gasteiger partial charge in [0.2, 0.25) is 5.56 Å². The number of esters is 1. The van der Waals surface area contributed by atoms with E-state index in [4.69, 9.17) is 4.74 Å². The number of carbonyl (C=O) groups is 2. The standard InChI is InChI=1S/C21H21N3O4/c1-13(20(26)22-14-8-10-15(11-9-14)24(2)3)28-21(27)17-12-19(25)23-18-7-5-4-6-16(17)18/h4-13H,1-3H3,(H,22,26)(H,23,25). The second kappa shape index (κ2) is 7.96. The molecule has 28 heavy (non-hydrogen) atoms. The van der Waals surface area contributed by atoms with Gasteiger partial charge in [0, 0.05) is 42.4 Å². The second-order valence-electron chi connectivity index (χ2n) is 6.57. The van der Waals surface area contributed by atoms with Crippen LogP contribution in [0.1, 0.15) is 17.3 Å². The molecule has 0 aliphatic heterocycles. The Morgan fingerprint density at radius 3 is 2.43 bits per heavy atom. The summed E-state index contributed by atoms with van der Waals surface area (Å²) in [6, 6.07) is 15.4. The Bertz CT molecular complexity index is 1070. The van der Waals surface area contributed by atoms with Gasteiger partial charge in [0.05, 0.1) is 5.56 Å². The highest BCUT2D eigenvalue weighted by atomic mass is 16.5. The number of fused-ring (bicyclic) bond motifs is 1. The van der Waals surface area contributed by atoms with Crippen molar-refractivity contribution in [2.45, 2.75) is 13.0 Å². The van der Waals surface area contributed by atoms with Crippen molar-refractivity contribution in [1.82, 2.24) is 4.98 Å². The molecule has 0 spiro atoms. The second-order valence-corrected chi connectivity index (χ2v) is 6.57. The van der Waals surface area contributed by atoms with Crippen molar-refractivity contribution in [2.24, 2.45) is 0 Å². The number of carbonyl (C=O) groups excluding carboxylic acids is 2. The van der Waals surface area contributed by atoms with Crippen LogP contribution < -0.4 is 15.8 Å². The number of amides is 1. The molecule has 7 heteroatoms. The molecule has 1 atom stereocenters. The Kier molecular flexibility index (Phi) is 5.44. The lowest BCUT2D eigenvalue weighted by Crippen LogP contribution is -2.30. The largest absolute Gasteiger partial charge is 0.449 e. The summed E-state index contributed by atoms with van der Waals surface area (Å²) in [5.41, 5.74) is 1.83. The van der Waals surface area contributed by atoms with Crippen LogP contribution >= 0.6 is 0 Å². The molecule has 0 aliphatic carbocycles. The third-order valence-corrected chi connectivity index (χ3v) is 4.27. The molecule has 0 radical (unpaired) electrons. The smallest absolute Gasteiger partial charge is 0.339 e. The zero-order chi connectivity index (χ0) is 20.3. The fraction of sp³-hybridized carbons (Fsp3) is 0.190. The maximum atomic E-state index is 12.5. The number of pyridine rings is 1. The summed E-state index contributed by atoms with van der Waals surface area (Å²) in [6.45, 7) is 1.48. The van der Waals surface area contributed by atoms with Crippen molar-refractivity contribution in [3.8, 4) is 0 Å². The molecule has 0 saturated carbocycles. The zero-order valence-electron chi connectivity index (χ0n) is 15.9. The van der Waals surface area contributed by atoms with Crippen LogP contribution in [0.15, 0.2) is 59.4 Å². The molecule has 144 valence electrons. The molecule has 3 rings (SSSR count). The predicted molar refractivity (Wildman–Crippen MR) is 109 cm³/mol. The molecular weight excluding hydrogens is 358 g/mol. The lowest BCUT2D eigenvalue weighted by Gasteiger charge is -2.16. The van der Waals surface area contributed by atoms with Gasteiger partial charge in [-0.25, -0.2) is 4.79 Å². The van der Waals surface area contributed by atoms with Crippen LogP contribution in [0, 0.1) is 0 Å². The van der Waals surface area contributed by atoms with E-state index in [0.29, 0.717) is 16.6 Å². The Morgan fingerprint density at radius 2 is 1.75 bits per heavy atom. The number of para-hydroxylation sites is 1. The van der Waals surface area contributed by atoms with Crippen LogP contribution in [0.3, 0.4) is 0 Å². The zero-order valence-corrected chi connectivity index (χ0v) is 15.9. The van der Waals surface area contributed by atoms with E-state index in [0.717, 1.165) is 5.69 Å². The van der Waals surface area contributed by atoms with Gasteiger partial charge < -0.3 is 19.9 Å². The number of aromatic amines is 1. The summed E-state index contributed by atoms with van der Waals surface area (Å²) in [7, 11) is 3.85. The summed E-state index contributed by atoms with van der Waals surface area (Å²) in [5, 5.41) is 3.27. The fourth-order valence-corrected chi connectivity index (χ4v) is 2.74. The number of hydrogen-bond donors (Lipinski definition) is 2. The van der Waals surface area contributed by atoms with Crippen LogP contribution in [0.2, 0.25) is 0 Å². The van der Waals surface area contributed by atoms with Crippen LogP contribution in [0.4, 0.5) is 11.4 Å². The lowest BCUT2D eigenvalue weighted by molar-refractivity contribution is -0.123. The molecule has 0 bridgehead atoms. The number of ether oxygens (including phenoxy) is 1. The number of nitrogens with zero attached hydrogens (tertiary/aromatic N) is 1. The monoisotopic (exact) mass is 379 g/mol. The van der Waals surface area contributed by atoms with E-state index >= 15 is 0 Å². The van der Waals surface area contributed by atoms with Crippen LogP contribution in [-0.4, -0.2) is 37.1 Å². The summed E-state index contributed by atoms with van der Waals surface area (Å²) >= 11 is 0. The molecule has 0 saturated heterocycles. The number of hydrogen-bond acceptors (Lipinski definition) is 5. The summed E-state index contributed by atoms with van der Waals surface area (Å²) in [6.07, 6.45) is -1.03. The first-order chi connectivity index (χ1) is 13.3. The number of anilines is 2. The normalized spacial score (nSPS) is 11.7. The van der Waals surface area contributed by atoms with Crippen LogP contribution in [0.5, 0.6) is 0 Å². The Morgan fingerprint density at radius 1 is 1.07 bits per heavy atom. The molecule has 1 heterocycles. The van der Waals surface area contributed by atoms with Gasteiger partial charge in [0.15, 0.2) is 6.10 Å². The highest BCUT2D eigenvalue weighted by Crippen LogP contribution is 2.18. The average Bonchev–Trinajstić information content (AvgIpc) is 2.67. The first-order valence-corrected chi connectivity index (χ1v) is 8.76. The van der Waals surface area contributed by atoms with Crippen molar-refractivity contribution >= 4 is 34.2 Å². The van der Waals surface area contributed by atoms with Gasteiger partial charge >= 0.3 is 5.97 Å². The minimum atomic E-state index is -1.03. The van der Waals surface area contributed by atoms with Crippen molar-refractivity contribution in [3.05, 3.63) is 70.5 Å². The highest BCUT2D eigenvalue weighted by molar-refractivity contribution is 6.04. The molecule has 2 N–H and O–H groups in total. The van der Waals surface area contributed by atoms with Crippen molar-refractivity contribution in [2.75, 3.05) is 24.3 Å². The maximum absolute atomic E-state index is 12.5. The molecule has 0 aliphatic rings. The first kappa shape index (κ1) is 19.2. The SMILES string of the molecule is CC(OC(=O)c1cc(=O)[nH]c2ccccc12)C(=O)Nc1ccc(N(C)C)cc1. The van der Waals surface area contributed by atoms with Gasteiger partial charge in [-0.3, -0.25) is 9.59 Å².